The lowest BCUT2D eigenvalue weighted by Gasteiger charge is -2.38. The van der Waals surface area contributed by atoms with Crippen molar-refractivity contribution in [1.82, 2.24) is 20.0 Å². The Morgan fingerprint density at radius 2 is 1.07 bits per heavy atom. The summed E-state index contributed by atoms with van der Waals surface area (Å²) in [4.78, 5) is 42.2. The normalized spacial score (nSPS) is 17.0. The highest BCUT2D eigenvalue weighted by molar-refractivity contribution is 5.85. The number of hydrogen-bond acceptors (Lipinski definition) is 9. The van der Waals surface area contributed by atoms with E-state index in [1.807, 2.05) is 86.3 Å². The van der Waals surface area contributed by atoms with Gasteiger partial charge >= 0.3 is 18.0 Å². The Bertz CT molecular complexity index is 1110. The number of methoxy groups -OCH3 is 2. The summed E-state index contributed by atoms with van der Waals surface area (Å²) in [7, 11) is 2.84. The number of carbonyl (C=O) groups is 3. The van der Waals surface area contributed by atoms with Crippen molar-refractivity contribution in [2.24, 2.45) is 0 Å². The predicted molar refractivity (Wildman–Crippen MR) is 171 cm³/mol. The van der Waals surface area contributed by atoms with Crippen LogP contribution in [-0.2, 0) is 23.8 Å². The van der Waals surface area contributed by atoms with Crippen LogP contribution >= 0.6 is 24.8 Å². The summed E-state index contributed by atoms with van der Waals surface area (Å²) in [5.74, 6) is -0.468. The van der Waals surface area contributed by atoms with E-state index in [9.17, 15) is 14.4 Å². The smallest absolute Gasteiger partial charge is 0.410 e. The van der Waals surface area contributed by atoms with Crippen molar-refractivity contribution in [3.05, 3.63) is 71.8 Å². The third kappa shape index (κ3) is 11.6. The molecule has 1 N–H and O–H groups in total. The monoisotopic (exact) mass is 640 g/mol. The summed E-state index contributed by atoms with van der Waals surface area (Å²) in [6.45, 7) is 11.4. The number of halogens is 2. The lowest BCUT2D eigenvalue weighted by molar-refractivity contribution is -0.148. The van der Waals surface area contributed by atoms with Crippen LogP contribution < -0.4 is 5.32 Å². The highest BCUT2D eigenvalue weighted by atomic mass is 35.5. The number of ether oxygens (including phenoxy) is 3. The molecule has 2 fully saturated rings. The highest BCUT2D eigenvalue weighted by Crippen LogP contribution is 2.24. The first-order valence-electron chi connectivity index (χ1n) is 14.1. The van der Waals surface area contributed by atoms with Crippen molar-refractivity contribution < 1.29 is 28.6 Å². The third-order valence-electron chi connectivity index (χ3n) is 6.93. The molecule has 2 unspecified atom stereocenters. The molecule has 43 heavy (non-hydrogen) atoms. The molecule has 10 nitrogen and oxygen atoms in total. The van der Waals surface area contributed by atoms with Gasteiger partial charge in [-0.05, 0) is 31.9 Å². The number of amides is 1. The van der Waals surface area contributed by atoms with Crippen LogP contribution in [0.4, 0.5) is 4.79 Å². The topological polar surface area (TPSA) is 101 Å². The van der Waals surface area contributed by atoms with Gasteiger partial charge in [0.2, 0.25) is 0 Å². The van der Waals surface area contributed by atoms with Gasteiger partial charge in [-0.25, -0.2) is 14.4 Å². The minimum absolute atomic E-state index is 0. The van der Waals surface area contributed by atoms with Gasteiger partial charge in [0, 0.05) is 52.4 Å². The summed E-state index contributed by atoms with van der Waals surface area (Å²) >= 11 is 0. The van der Waals surface area contributed by atoms with Gasteiger partial charge < -0.3 is 24.4 Å². The van der Waals surface area contributed by atoms with Crippen molar-refractivity contribution in [2.75, 3.05) is 66.6 Å². The van der Waals surface area contributed by atoms with Gasteiger partial charge in [0.25, 0.3) is 0 Å². The van der Waals surface area contributed by atoms with Gasteiger partial charge in [-0.15, -0.1) is 24.8 Å². The molecule has 0 saturated carbocycles. The largest absolute Gasteiger partial charge is 0.468 e. The first-order chi connectivity index (χ1) is 19.6. The summed E-state index contributed by atoms with van der Waals surface area (Å²) in [5, 5.41) is 3.28. The Morgan fingerprint density at radius 3 is 1.44 bits per heavy atom. The molecule has 2 aromatic rings. The first kappa shape index (κ1) is 38.1. The van der Waals surface area contributed by atoms with E-state index >= 15 is 0 Å². The molecule has 0 aliphatic carbocycles. The van der Waals surface area contributed by atoms with Gasteiger partial charge in [0.1, 0.15) is 17.7 Å². The van der Waals surface area contributed by atoms with Crippen molar-refractivity contribution in [3.8, 4) is 0 Å². The summed E-state index contributed by atoms with van der Waals surface area (Å²) in [6.07, 6.45) is -0.309. The van der Waals surface area contributed by atoms with Gasteiger partial charge in [-0.3, -0.25) is 9.80 Å². The lowest BCUT2D eigenvalue weighted by Crippen LogP contribution is -2.52. The number of benzene rings is 2. The number of nitrogens with zero attached hydrogens (tertiary/aromatic N) is 3. The maximum Gasteiger partial charge on any atom is 0.410 e. The van der Waals surface area contributed by atoms with Crippen molar-refractivity contribution in [1.29, 1.82) is 0 Å². The van der Waals surface area contributed by atoms with Crippen LogP contribution in [0.3, 0.4) is 0 Å². The highest BCUT2D eigenvalue weighted by Gasteiger charge is 2.33. The second-order valence-corrected chi connectivity index (χ2v) is 11.0. The van der Waals surface area contributed by atoms with Crippen LogP contribution in [0.1, 0.15) is 44.0 Å². The van der Waals surface area contributed by atoms with Gasteiger partial charge in [-0.2, -0.15) is 0 Å². The Morgan fingerprint density at radius 1 is 0.674 bits per heavy atom. The average Bonchev–Trinajstić information content (AvgIpc) is 2.98. The van der Waals surface area contributed by atoms with Gasteiger partial charge in [0.15, 0.2) is 0 Å². The molecule has 0 spiro atoms. The molecule has 4 rings (SSSR count). The number of rotatable bonds is 6. The molecule has 1 amide bonds. The first-order valence-corrected chi connectivity index (χ1v) is 14.1. The standard InChI is InChI=1S/C18H26N2O4.C13H18N2O2.2ClH/c1-18(2,3)24-17(22)20-12-10-19(11-13-20)15(16(21)23-4)14-8-6-5-7-9-14;1-17-13(16)12(11-5-3-2-4-6-11)15-9-7-14-8-10-15;;/h5-9,15H,10-13H2,1-4H3;2-6,12,14H,7-10H2,1H3;2*1H. The maximum atomic E-state index is 12.2. The molecule has 0 aromatic heterocycles. The minimum Gasteiger partial charge on any atom is -0.468 e. The average molecular weight is 642 g/mol. The fourth-order valence-electron chi connectivity index (χ4n) is 4.92. The Balaban J connectivity index is 0.000000432. The molecule has 2 saturated heterocycles. The second kappa shape index (κ2) is 18.7. The predicted octanol–water partition coefficient (Wildman–Crippen LogP) is 4.10. The summed E-state index contributed by atoms with van der Waals surface area (Å²) < 4.78 is 15.3. The van der Waals surface area contributed by atoms with Crippen LogP contribution in [0.2, 0.25) is 0 Å². The molecule has 0 bridgehead atoms. The van der Waals surface area contributed by atoms with E-state index in [0.717, 1.165) is 37.3 Å². The molecule has 12 heteroatoms. The third-order valence-corrected chi connectivity index (χ3v) is 6.93. The molecule has 2 aromatic carbocycles. The van der Waals surface area contributed by atoms with E-state index in [-0.39, 0.29) is 48.9 Å². The molecule has 240 valence electrons. The SMILES string of the molecule is COC(=O)C(c1ccccc1)N1CCN(C(=O)OC(C)(C)C)CC1.COC(=O)C(c1ccccc1)N1CCNCC1.Cl.Cl. The fourth-order valence-corrected chi connectivity index (χ4v) is 4.92. The molecule has 2 heterocycles. The molecule has 2 atom stereocenters. The lowest BCUT2D eigenvalue weighted by atomic mass is 10.0. The minimum atomic E-state index is -0.507. The Kier molecular flexibility index (Phi) is 16.6. The van der Waals surface area contributed by atoms with Crippen LogP contribution in [0, 0.1) is 0 Å². The molecular weight excluding hydrogens is 595 g/mol. The van der Waals surface area contributed by atoms with E-state index in [1.54, 1.807) is 4.90 Å². The zero-order valence-corrected chi connectivity index (χ0v) is 27.3. The number of esters is 2. The van der Waals surface area contributed by atoms with Gasteiger partial charge in [0.05, 0.1) is 14.2 Å². The number of carbonyl (C=O) groups excluding carboxylic acids is 3. The van der Waals surface area contributed by atoms with Crippen molar-refractivity contribution in [2.45, 2.75) is 38.5 Å². The van der Waals surface area contributed by atoms with Crippen LogP contribution in [0.5, 0.6) is 0 Å². The van der Waals surface area contributed by atoms with Gasteiger partial charge in [-0.1, -0.05) is 60.7 Å². The maximum absolute atomic E-state index is 12.2. The fraction of sp³-hybridized carbons (Fsp3) is 0.516. The zero-order chi connectivity index (χ0) is 29.8. The quantitative estimate of drug-likeness (QED) is 0.369. The Hall–Kier alpha value is -2.89. The number of hydrogen-bond donors (Lipinski definition) is 1. The molecular formula is C31H46Cl2N4O6. The summed E-state index contributed by atoms with van der Waals surface area (Å²) in [6, 6.07) is 18.6. The second-order valence-electron chi connectivity index (χ2n) is 11.0. The molecule has 2 aliphatic heterocycles. The number of nitrogens with one attached hydrogen (secondary N) is 1. The zero-order valence-electron chi connectivity index (χ0n) is 25.7. The van der Waals surface area contributed by atoms with E-state index in [0.29, 0.717) is 26.2 Å². The van der Waals surface area contributed by atoms with E-state index in [4.69, 9.17) is 14.2 Å². The van der Waals surface area contributed by atoms with E-state index < -0.39 is 11.6 Å². The van der Waals surface area contributed by atoms with Crippen LogP contribution in [0.15, 0.2) is 60.7 Å². The van der Waals surface area contributed by atoms with Crippen molar-refractivity contribution >= 4 is 42.8 Å². The van der Waals surface area contributed by atoms with Crippen LogP contribution in [-0.4, -0.2) is 105 Å². The van der Waals surface area contributed by atoms with E-state index in [2.05, 4.69) is 10.2 Å². The van der Waals surface area contributed by atoms with E-state index in [1.165, 1.54) is 14.2 Å². The van der Waals surface area contributed by atoms with Crippen molar-refractivity contribution in [3.63, 3.8) is 0 Å². The number of piperazine rings is 2. The molecule has 0 radical (unpaired) electrons. The Labute approximate surface area is 267 Å². The van der Waals surface area contributed by atoms with Crippen LogP contribution in [0.25, 0.3) is 0 Å². The molecule has 2 aliphatic rings. The summed E-state index contributed by atoms with van der Waals surface area (Å²) in [5.41, 5.74) is 1.39.